The first-order valence-electron chi connectivity index (χ1n) is 10.2. The van der Waals surface area contributed by atoms with Crippen LogP contribution in [0.2, 0.25) is 0 Å². The van der Waals surface area contributed by atoms with E-state index in [0.717, 1.165) is 50.4 Å². The number of ether oxygens (including phenoxy) is 1. The van der Waals surface area contributed by atoms with Crippen molar-refractivity contribution in [2.24, 2.45) is 0 Å². The van der Waals surface area contributed by atoms with E-state index in [1.807, 2.05) is 37.3 Å². The molecule has 1 saturated heterocycles. The van der Waals surface area contributed by atoms with Gasteiger partial charge in [0.1, 0.15) is 0 Å². The lowest BCUT2D eigenvalue weighted by Crippen LogP contribution is -2.44. The van der Waals surface area contributed by atoms with Gasteiger partial charge in [0.05, 0.1) is 18.1 Å². The number of hydrogen-bond donors (Lipinski definition) is 1. The van der Waals surface area contributed by atoms with E-state index in [1.54, 1.807) is 17.0 Å². The van der Waals surface area contributed by atoms with Gasteiger partial charge in [-0.15, -0.1) is 0 Å². The highest BCUT2D eigenvalue weighted by molar-refractivity contribution is 7.90. The van der Waals surface area contributed by atoms with E-state index >= 15 is 0 Å². The minimum absolute atomic E-state index is 0.0782. The monoisotopic (exact) mass is 431 g/mol. The van der Waals surface area contributed by atoms with Crippen molar-refractivity contribution in [3.63, 3.8) is 0 Å². The largest absolute Gasteiger partial charge is 0.379 e. The fraction of sp³-hybridized carbons (Fsp3) is 0.409. The molecular formula is C22H29N3O4S. The van der Waals surface area contributed by atoms with Gasteiger partial charge in [-0.1, -0.05) is 48.0 Å². The van der Waals surface area contributed by atoms with Crippen molar-refractivity contribution in [1.29, 1.82) is 0 Å². The van der Waals surface area contributed by atoms with Crippen LogP contribution in [0.4, 0.5) is 4.79 Å². The van der Waals surface area contributed by atoms with E-state index in [2.05, 4.69) is 9.62 Å². The maximum absolute atomic E-state index is 12.9. The molecule has 8 heteroatoms. The number of hydrogen-bond acceptors (Lipinski definition) is 5. The van der Waals surface area contributed by atoms with Gasteiger partial charge >= 0.3 is 6.03 Å². The summed E-state index contributed by atoms with van der Waals surface area (Å²) in [5.41, 5.74) is 1.90. The number of rotatable bonds is 8. The molecule has 1 aliphatic heterocycles. The number of nitrogens with one attached hydrogen (secondary N) is 1. The lowest BCUT2D eigenvalue weighted by molar-refractivity contribution is 0.0364. The zero-order valence-corrected chi connectivity index (χ0v) is 18.1. The zero-order chi connectivity index (χ0) is 21.4. The molecule has 1 aliphatic rings. The van der Waals surface area contributed by atoms with Crippen LogP contribution in [-0.4, -0.2) is 63.6 Å². The Morgan fingerprint density at radius 3 is 2.40 bits per heavy atom. The van der Waals surface area contributed by atoms with Crippen molar-refractivity contribution in [3.05, 3.63) is 65.7 Å². The number of nitrogens with zero attached hydrogens (tertiary/aromatic N) is 2. The Kier molecular flexibility index (Phi) is 7.84. The molecule has 1 heterocycles. The number of benzene rings is 2. The van der Waals surface area contributed by atoms with E-state index in [9.17, 15) is 13.2 Å². The van der Waals surface area contributed by atoms with Crippen molar-refractivity contribution < 1.29 is 17.9 Å². The highest BCUT2D eigenvalue weighted by atomic mass is 32.2. The molecule has 30 heavy (non-hydrogen) atoms. The Morgan fingerprint density at radius 2 is 1.73 bits per heavy atom. The smallest absolute Gasteiger partial charge is 0.331 e. The van der Waals surface area contributed by atoms with Crippen molar-refractivity contribution in [1.82, 2.24) is 14.5 Å². The minimum atomic E-state index is -3.93. The van der Waals surface area contributed by atoms with Crippen molar-refractivity contribution in [2.45, 2.75) is 24.8 Å². The van der Waals surface area contributed by atoms with Crippen LogP contribution in [0.15, 0.2) is 59.5 Å². The van der Waals surface area contributed by atoms with Crippen molar-refractivity contribution >= 4 is 16.1 Å². The fourth-order valence-corrected chi connectivity index (χ4v) is 4.29. The average Bonchev–Trinajstić information content (AvgIpc) is 2.74. The molecule has 0 radical (unpaired) electrons. The lowest BCUT2D eigenvalue weighted by Gasteiger charge is -2.28. The highest BCUT2D eigenvalue weighted by Crippen LogP contribution is 2.12. The molecule has 7 nitrogen and oxygen atoms in total. The van der Waals surface area contributed by atoms with E-state index in [4.69, 9.17) is 4.74 Å². The second-order valence-electron chi connectivity index (χ2n) is 7.44. The van der Waals surface area contributed by atoms with Crippen molar-refractivity contribution in [2.75, 3.05) is 39.4 Å². The lowest BCUT2D eigenvalue weighted by atomic mass is 10.2. The molecule has 2 aromatic rings. The summed E-state index contributed by atoms with van der Waals surface area (Å²) >= 11 is 0. The van der Waals surface area contributed by atoms with Crippen LogP contribution in [0.5, 0.6) is 0 Å². The summed E-state index contributed by atoms with van der Waals surface area (Å²) in [7, 11) is -3.93. The maximum atomic E-state index is 12.9. The van der Waals surface area contributed by atoms with Crippen LogP contribution >= 0.6 is 0 Å². The Hall–Kier alpha value is -2.42. The number of carbonyl (C=O) groups is 1. The standard InChI is InChI=1S/C22H29N3O4S/c1-19-8-10-21(11-9-19)30(27,28)23-22(26)25(18-20-6-3-2-4-7-20)13-5-12-24-14-16-29-17-15-24/h2-4,6-11H,5,12-18H2,1H3,(H,23,26). The number of urea groups is 1. The van der Waals surface area contributed by atoms with Crippen molar-refractivity contribution in [3.8, 4) is 0 Å². The molecule has 2 aromatic carbocycles. The molecular weight excluding hydrogens is 402 g/mol. The van der Waals surface area contributed by atoms with Crippen LogP contribution in [0.1, 0.15) is 17.5 Å². The molecule has 3 rings (SSSR count). The van der Waals surface area contributed by atoms with Crippen LogP contribution in [-0.2, 0) is 21.3 Å². The normalized spacial score (nSPS) is 15.0. The van der Waals surface area contributed by atoms with Gasteiger partial charge in [0, 0.05) is 32.7 Å². The third-order valence-electron chi connectivity index (χ3n) is 5.06. The van der Waals surface area contributed by atoms with Crippen LogP contribution in [0.25, 0.3) is 0 Å². The molecule has 2 amide bonds. The third-order valence-corrected chi connectivity index (χ3v) is 6.40. The predicted octanol–water partition coefficient (Wildman–Crippen LogP) is 2.62. The first kappa shape index (κ1) is 22.3. The molecule has 162 valence electrons. The Morgan fingerprint density at radius 1 is 1.07 bits per heavy atom. The van der Waals surface area contributed by atoms with Gasteiger partial charge < -0.3 is 9.64 Å². The second kappa shape index (κ2) is 10.6. The van der Waals surface area contributed by atoms with E-state index < -0.39 is 16.1 Å². The quantitative estimate of drug-likeness (QED) is 0.695. The first-order valence-corrected chi connectivity index (χ1v) is 11.6. The maximum Gasteiger partial charge on any atom is 0.331 e. The van der Waals surface area contributed by atoms with E-state index in [0.29, 0.717) is 13.1 Å². The molecule has 0 unspecified atom stereocenters. The second-order valence-corrected chi connectivity index (χ2v) is 9.12. The summed E-state index contributed by atoms with van der Waals surface area (Å²) in [5.74, 6) is 0. The van der Waals surface area contributed by atoms with Gasteiger partial charge in [0.2, 0.25) is 0 Å². The molecule has 0 aromatic heterocycles. The molecule has 0 saturated carbocycles. The zero-order valence-electron chi connectivity index (χ0n) is 17.3. The fourth-order valence-electron chi connectivity index (χ4n) is 3.32. The Bertz CT molecular complexity index is 911. The van der Waals surface area contributed by atoms with Gasteiger partial charge in [-0.25, -0.2) is 17.9 Å². The van der Waals surface area contributed by atoms with Gasteiger partial charge in [0.15, 0.2) is 0 Å². The SMILES string of the molecule is Cc1ccc(S(=O)(=O)NC(=O)N(CCCN2CCOCC2)Cc2ccccc2)cc1. The molecule has 1 fully saturated rings. The van der Waals surface area contributed by atoms with Gasteiger partial charge in [-0.05, 0) is 31.0 Å². The molecule has 0 aliphatic carbocycles. The van der Waals surface area contributed by atoms with Crippen LogP contribution in [0.3, 0.4) is 0 Å². The highest BCUT2D eigenvalue weighted by Gasteiger charge is 2.22. The number of morpholine rings is 1. The summed E-state index contributed by atoms with van der Waals surface area (Å²) in [6.45, 7) is 6.74. The van der Waals surface area contributed by atoms with Gasteiger partial charge in [-0.2, -0.15) is 0 Å². The Balaban J connectivity index is 1.66. The van der Waals surface area contributed by atoms with Crippen LogP contribution < -0.4 is 4.72 Å². The van der Waals surface area contributed by atoms with Crippen LogP contribution in [0, 0.1) is 6.92 Å². The number of amides is 2. The first-order chi connectivity index (χ1) is 14.4. The van der Waals surface area contributed by atoms with E-state index in [1.165, 1.54) is 12.1 Å². The molecule has 0 atom stereocenters. The summed E-state index contributed by atoms with van der Waals surface area (Å²) < 4.78 is 32.9. The molecule has 1 N–H and O–H groups in total. The third kappa shape index (κ3) is 6.55. The Labute approximate surface area is 178 Å². The summed E-state index contributed by atoms with van der Waals surface area (Å²) in [6, 6.07) is 15.4. The van der Waals surface area contributed by atoms with Gasteiger partial charge in [-0.3, -0.25) is 4.90 Å². The number of sulfonamides is 1. The number of carbonyl (C=O) groups excluding carboxylic acids is 1. The summed E-state index contributed by atoms with van der Waals surface area (Å²) in [4.78, 5) is 16.8. The van der Waals surface area contributed by atoms with Gasteiger partial charge in [0.25, 0.3) is 10.0 Å². The summed E-state index contributed by atoms with van der Waals surface area (Å²) in [5, 5.41) is 0. The average molecular weight is 432 g/mol. The minimum Gasteiger partial charge on any atom is -0.379 e. The topological polar surface area (TPSA) is 79.0 Å². The van der Waals surface area contributed by atoms with E-state index in [-0.39, 0.29) is 4.90 Å². The molecule has 0 bridgehead atoms. The predicted molar refractivity (Wildman–Crippen MR) is 116 cm³/mol. The number of aryl methyl sites for hydroxylation is 1. The molecule has 0 spiro atoms. The summed E-state index contributed by atoms with van der Waals surface area (Å²) in [6.07, 6.45) is 0.755.